The number of carbonyl (C=O) groups is 4. The minimum absolute atomic E-state index is 0.0572. The Bertz CT molecular complexity index is 1770. The van der Waals surface area contributed by atoms with Gasteiger partial charge in [0, 0.05) is 11.3 Å². The van der Waals surface area contributed by atoms with Crippen LogP contribution in [0.15, 0.2) is 47.6 Å². The average Bonchev–Trinajstić information content (AvgIpc) is 3.62. The number of benzene rings is 2. The van der Waals surface area contributed by atoms with Gasteiger partial charge in [0.25, 0.3) is 5.91 Å². The van der Waals surface area contributed by atoms with Crippen molar-refractivity contribution in [2.24, 2.45) is 0 Å². The first kappa shape index (κ1) is 34.9. The highest BCUT2D eigenvalue weighted by molar-refractivity contribution is 7.99. The van der Waals surface area contributed by atoms with Crippen LogP contribution < -0.4 is 20.1 Å². The second-order valence-corrected chi connectivity index (χ2v) is 11.5. The number of methoxy groups -OCH3 is 2. The first-order valence-electron chi connectivity index (χ1n) is 14.2. The fourth-order valence-electron chi connectivity index (χ4n) is 4.33. The Kier molecular flexibility index (Phi) is 11.9. The van der Waals surface area contributed by atoms with Crippen molar-refractivity contribution in [1.29, 1.82) is 0 Å². The van der Waals surface area contributed by atoms with Crippen LogP contribution in [0, 0.1) is 12.7 Å². The summed E-state index contributed by atoms with van der Waals surface area (Å²) in [5.74, 6) is -1.69. The van der Waals surface area contributed by atoms with Gasteiger partial charge < -0.3 is 29.6 Å². The van der Waals surface area contributed by atoms with E-state index in [-0.39, 0.29) is 46.1 Å². The van der Waals surface area contributed by atoms with Gasteiger partial charge in [-0.2, -0.15) is 0 Å². The fraction of sp³-hybridized carbons (Fsp3) is 0.290. The number of hydrogen-bond acceptors (Lipinski definition) is 12. The van der Waals surface area contributed by atoms with Gasteiger partial charge in [-0.1, -0.05) is 11.8 Å². The Morgan fingerprint density at radius 1 is 0.936 bits per heavy atom. The summed E-state index contributed by atoms with van der Waals surface area (Å²) >= 11 is 1.94. The molecule has 0 atom stereocenters. The van der Waals surface area contributed by atoms with Crippen molar-refractivity contribution in [3.05, 3.63) is 75.7 Å². The van der Waals surface area contributed by atoms with Gasteiger partial charge in [-0.3, -0.25) is 14.2 Å². The van der Waals surface area contributed by atoms with Crippen molar-refractivity contribution in [2.75, 3.05) is 38.5 Å². The predicted molar refractivity (Wildman–Crippen MR) is 172 cm³/mol. The minimum atomic E-state index is -0.685. The van der Waals surface area contributed by atoms with E-state index < -0.39 is 29.6 Å². The van der Waals surface area contributed by atoms with E-state index in [9.17, 15) is 23.6 Å². The molecule has 0 aliphatic heterocycles. The number of thioether (sulfide) groups is 1. The van der Waals surface area contributed by atoms with Gasteiger partial charge in [0.1, 0.15) is 15.7 Å². The lowest BCUT2D eigenvalue weighted by Gasteiger charge is -2.12. The average molecular weight is 686 g/mol. The van der Waals surface area contributed by atoms with Crippen LogP contribution in [0.5, 0.6) is 11.5 Å². The lowest BCUT2D eigenvalue weighted by molar-refractivity contribution is -0.113. The second-order valence-electron chi connectivity index (χ2n) is 9.50. The van der Waals surface area contributed by atoms with E-state index in [0.717, 1.165) is 23.1 Å². The second kappa shape index (κ2) is 16.0. The molecule has 2 aromatic heterocycles. The summed E-state index contributed by atoms with van der Waals surface area (Å²) in [5, 5.41) is 14.3. The number of hydrogen-bond donors (Lipinski definition) is 2. The first-order chi connectivity index (χ1) is 22.6. The van der Waals surface area contributed by atoms with Crippen molar-refractivity contribution in [3.8, 4) is 17.2 Å². The van der Waals surface area contributed by atoms with Gasteiger partial charge in [-0.15, -0.1) is 21.5 Å². The molecule has 47 heavy (non-hydrogen) atoms. The minimum Gasteiger partial charge on any atom is -0.493 e. The highest BCUT2D eigenvalue weighted by Gasteiger charge is 2.27. The maximum absolute atomic E-state index is 13.8. The topological polar surface area (TPSA) is 160 Å². The quantitative estimate of drug-likeness (QED) is 0.139. The van der Waals surface area contributed by atoms with E-state index >= 15 is 0 Å². The molecule has 2 amide bonds. The van der Waals surface area contributed by atoms with Crippen LogP contribution in [0.25, 0.3) is 5.69 Å². The lowest BCUT2D eigenvalue weighted by Crippen LogP contribution is -2.24. The van der Waals surface area contributed by atoms with Crippen LogP contribution in [0.1, 0.15) is 55.6 Å². The molecule has 0 fully saturated rings. The van der Waals surface area contributed by atoms with E-state index in [4.69, 9.17) is 18.9 Å². The molecule has 2 N–H and O–H groups in total. The molecular formula is C31H32FN5O8S2. The molecule has 16 heteroatoms. The van der Waals surface area contributed by atoms with Crippen molar-refractivity contribution in [1.82, 2.24) is 20.1 Å². The Labute approximate surface area is 277 Å². The summed E-state index contributed by atoms with van der Waals surface area (Å²) in [5.41, 5.74) is 1.22. The summed E-state index contributed by atoms with van der Waals surface area (Å²) in [6.07, 6.45) is 0. The van der Waals surface area contributed by atoms with Gasteiger partial charge >= 0.3 is 11.9 Å². The first-order valence-corrected chi connectivity index (χ1v) is 16.0. The monoisotopic (exact) mass is 685 g/mol. The molecule has 0 unspecified atom stereocenters. The molecule has 0 saturated heterocycles. The van der Waals surface area contributed by atoms with Gasteiger partial charge in [0.2, 0.25) is 5.91 Å². The number of esters is 2. The smallest absolute Gasteiger partial charge is 0.348 e. The number of ether oxygens (including phenoxy) is 4. The molecule has 2 heterocycles. The number of nitrogens with one attached hydrogen (secondary N) is 2. The molecule has 0 aliphatic rings. The third-order valence-electron chi connectivity index (χ3n) is 6.51. The van der Waals surface area contributed by atoms with Crippen LogP contribution >= 0.6 is 23.1 Å². The number of amides is 2. The Balaban J connectivity index is 1.54. The van der Waals surface area contributed by atoms with Gasteiger partial charge in [-0.05, 0) is 68.8 Å². The Morgan fingerprint density at radius 2 is 1.62 bits per heavy atom. The molecule has 0 radical (unpaired) electrons. The number of thiophene rings is 1. The summed E-state index contributed by atoms with van der Waals surface area (Å²) in [7, 11) is 2.95. The zero-order chi connectivity index (χ0) is 34.1. The van der Waals surface area contributed by atoms with Crippen molar-refractivity contribution >= 4 is 51.9 Å². The Morgan fingerprint density at radius 3 is 2.28 bits per heavy atom. The number of aromatic nitrogens is 3. The molecule has 248 valence electrons. The largest absolute Gasteiger partial charge is 0.493 e. The number of rotatable bonds is 14. The molecule has 2 aromatic carbocycles. The van der Waals surface area contributed by atoms with Crippen LogP contribution in [-0.2, 0) is 20.8 Å². The summed E-state index contributed by atoms with van der Waals surface area (Å²) in [6, 6.07) is 10.3. The molecule has 13 nitrogen and oxygen atoms in total. The molecule has 4 rings (SSSR count). The van der Waals surface area contributed by atoms with E-state index in [1.54, 1.807) is 37.5 Å². The van der Waals surface area contributed by atoms with Crippen LogP contribution in [-0.4, -0.2) is 71.7 Å². The fourth-order valence-corrected chi connectivity index (χ4v) is 6.21. The lowest BCUT2D eigenvalue weighted by atomic mass is 10.1. The predicted octanol–water partition coefficient (Wildman–Crippen LogP) is 4.81. The van der Waals surface area contributed by atoms with E-state index in [1.807, 2.05) is 0 Å². The van der Waals surface area contributed by atoms with Gasteiger partial charge in [0.05, 0.1) is 45.3 Å². The molecule has 0 spiro atoms. The van der Waals surface area contributed by atoms with Crippen LogP contribution in [0.4, 0.5) is 9.39 Å². The van der Waals surface area contributed by atoms with Crippen molar-refractivity contribution in [3.63, 3.8) is 0 Å². The standard InChI is InChI=1S/C31H32FN5O8S2/c1-6-44-29(40)25-17(3)26(30(41)45-7-2)47-28(25)34-24(38)16-46-31-36-35-23(37(31)20-11-9-19(32)10-12-20)15-33-27(39)18-8-13-21(42-4)22(14-18)43-5/h8-14H,6-7,15-16H2,1-5H3,(H,33,39)(H,34,38). The third kappa shape index (κ3) is 8.26. The van der Waals surface area contributed by atoms with Crippen molar-refractivity contribution in [2.45, 2.75) is 32.5 Å². The highest BCUT2D eigenvalue weighted by Crippen LogP contribution is 2.35. The molecule has 0 bridgehead atoms. The zero-order valence-corrected chi connectivity index (χ0v) is 27.8. The molecule has 4 aromatic rings. The third-order valence-corrected chi connectivity index (χ3v) is 8.63. The highest BCUT2D eigenvalue weighted by atomic mass is 32.2. The summed E-state index contributed by atoms with van der Waals surface area (Å²) in [6.45, 7) is 5.07. The summed E-state index contributed by atoms with van der Waals surface area (Å²) < 4.78 is 36.1. The maximum atomic E-state index is 13.8. The molecule has 0 saturated carbocycles. The van der Waals surface area contributed by atoms with Crippen LogP contribution in [0.3, 0.4) is 0 Å². The van der Waals surface area contributed by atoms with Gasteiger partial charge in [0.15, 0.2) is 22.5 Å². The van der Waals surface area contributed by atoms with E-state index in [0.29, 0.717) is 34.1 Å². The summed E-state index contributed by atoms with van der Waals surface area (Å²) in [4.78, 5) is 51.5. The number of nitrogens with zero attached hydrogens (tertiary/aromatic N) is 3. The number of anilines is 1. The normalized spacial score (nSPS) is 10.7. The van der Waals surface area contributed by atoms with Crippen molar-refractivity contribution < 1.29 is 42.5 Å². The van der Waals surface area contributed by atoms with E-state index in [1.165, 1.54) is 44.6 Å². The van der Waals surface area contributed by atoms with E-state index in [2.05, 4.69) is 20.8 Å². The number of carbonyl (C=O) groups excluding carboxylic acids is 4. The number of halogens is 1. The zero-order valence-electron chi connectivity index (χ0n) is 26.2. The Hall–Kier alpha value is -4.96. The van der Waals surface area contributed by atoms with Crippen LogP contribution in [0.2, 0.25) is 0 Å². The SMILES string of the molecule is CCOC(=O)c1sc(NC(=O)CSc2nnc(CNC(=O)c3ccc(OC)c(OC)c3)n2-c2ccc(F)cc2)c(C(=O)OCC)c1C. The maximum Gasteiger partial charge on any atom is 0.348 e. The molecule has 0 aliphatic carbocycles. The van der Waals surface area contributed by atoms with Gasteiger partial charge in [-0.25, -0.2) is 14.0 Å². The molecular weight excluding hydrogens is 654 g/mol.